The molecule has 3 atom stereocenters. The third kappa shape index (κ3) is 4.10. The Bertz CT molecular complexity index is 926. The summed E-state index contributed by atoms with van der Waals surface area (Å²) in [6.07, 6.45) is 7.07. The molecule has 164 valence electrons. The zero-order chi connectivity index (χ0) is 21.4. The summed E-state index contributed by atoms with van der Waals surface area (Å²) in [7, 11) is 1.97. The standard InChI is InChI=1S/C27H34N2O2/c1-28(26(31)21-6-3-2-4-7-21)24-13-12-23-19-29(18-20-10-11-20)15-14-27(23,17-24)22-8-5-9-25(30)16-22/h2-9,16,20,23-24,30H,10-15,17-19H2,1H3/t23-,24-,27+/m1/s1. The van der Waals surface area contributed by atoms with Crippen molar-refractivity contribution in [2.24, 2.45) is 11.8 Å². The van der Waals surface area contributed by atoms with Crippen molar-refractivity contribution >= 4 is 5.91 Å². The molecule has 1 heterocycles. The smallest absolute Gasteiger partial charge is 0.253 e. The molecule has 1 saturated heterocycles. The van der Waals surface area contributed by atoms with Gasteiger partial charge in [0.25, 0.3) is 5.91 Å². The lowest BCUT2D eigenvalue weighted by Crippen LogP contribution is -2.56. The van der Waals surface area contributed by atoms with Crippen LogP contribution in [0.3, 0.4) is 0 Å². The van der Waals surface area contributed by atoms with Crippen LogP contribution in [0.15, 0.2) is 54.6 Å². The molecule has 31 heavy (non-hydrogen) atoms. The van der Waals surface area contributed by atoms with Crippen molar-refractivity contribution in [3.05, 3.63) is 65.7 Å². The van der Waals surface area contributed by atoms with Gasteiger partial charge in [0.05, 0.1) is 0 Å². The summed E-state index contributed by atoms with van der Waals surface area (Å²) < 4.78 is 0. The van der Waals surface area contributed by atoms with Crippen molar-refractivity contribution in [3.63, 3.8) is 0 Å². The van der Waals surface area contributed by atoms with Crippen molar-refractivity contribution in [2.75, 3.05) is 26.7 Å². The number of carbonyl (C=O) groups excluding carboxylic acids is 1. The molecule has 4 heteroatoms. The van der Waals surface area contributed by atoms with Gasteiger partial charge in [0, 0.05) is 37.2 Å². The minimum atomic E-state index is 0.0347. The number of piperidine rings is 1. The average Bonchev–Trinajstić information content (AvgIpc) is 3.62. The molecule has 2 aliphatic carbocycles. The minimum absolute atomic E-state index is 0.0347. The van der Waals surface area contributed by atoms with Gasteiger partial charge in [-0.1, -0.05) is 30.3 Å². The van der Waals surface area contributed by atoms with Gasteiger partial charge in [-0.05, 0) is 86.7 Å². The molecule has 0 unspecified atom stereocenters. The lowest BCUT2D eigenvalue weighted by atomic mass is 9.57. The van der Waals surface area contributed by atoms with Crippen molar-refractivity contribution in [1.29, 1.82) is 0 Å². The predicted molar refractivity (Wildman–Crippen MR) is 123 cm³/mol. The van der Waals surface area contributed by atoms with Gasteiger partial charge in [0.1, 0.15) is 5.75 Å². The van der Waals surface area contributed by atoms with Gasteiger partial charge >= 0.3 is 0 Å². The molecule has 2 saturated carbocycles. The molecule has 1 amide bonds. The van der Waals surface area contributed by atoms with E-state index in [1.54, 1.807) is 6.07 Å². The number of phenolic OH excluding ortho intramolecular Hbond substituents is 1. The number of likely N-dealkylation sites (tertiary alicyclic amines) is 1. The fraction of sp³-hybridized carbons (Fsp3) is 0.519. The third-order valence-corrected chi connectivity index (χ3v) is 8.11. The number of rotatable bonds is 5. The molecule has 4 nitrogen and oxygen atoms in total. The fourth-order valence-corrected chi connectivity index (χ4v) is 6.12. The van der Waals surface area contributed by atoms with E-state index in [9.17, 15) is 9.90 Å². The Labute approximate surface area is 185 Å². The second-order valence-electron chi connectivity index (χ2n) is 10.1. The average molecular weight is 419 g/mol. The quantitative estimate of drug-likeness (QED) is 0.766. The normalized spacial score (nSPS) is 28.7. The van der Waals surface area contributed by atoms with Gasteiger partial charge in [-0.25, -0.2) is 0 Å². The molecular weight excluding hydrogens is 384 g/mol. The molecule has 2 aromatic carbocycles. The van der Waals surface area contributed by atoms with E-state index in [1.807, 2.05) is 54.4 Å². The van der Waals surface area contributed by atoms with Crippen molar-refractivity contribution in [3.8, 4) is 5.75 Å². The van der Waals surface area contributed by atoms with Crippen molar-refractivity contribution in [1.82, 2.24) is 9.80 Å². The number of carbonyl (C=O) groups is 1. The first-order chi connectivity index (χ1) is 15.0. The van der Waals surface area contributed by atoms with Crippen molar-refractivity contribution < 1.29 is 9.90 Å². The third-order valence-electron chi connectivity index (χ3n) is 8.11. The summed E-state index contributed by atoms with van der Waals surface area (Å²) in [5.41, 5.74) is 2.05. The molecular formula is C27H34N2O2. The van der Waals surface area contributed by atoms with E-state index in [1.165, 1.54) is 24.9 Å². The number of fused-ring (bicyclic) bond motifs is 1. The molecule has 0 radical (unpaired) electrons. The summed E-state index contributed by atoms with van der Waals surface area (Å²) in [4.78, 5) is 17.8. The van der Waals surface area contributed by atoms with Crippen LogP contribution < -0.4 is 0 Å². The van der Waals surface area contributed by atoms with Gasteiger partial charge in [0.2, 0.25) is 0 Å². The van der Waals surface area contributed by atoms with Gasteiger partial charge < -0.3 is 14.9 Å². The number of amides is 1. The van der Waals surface area contributed by atoms with Gasteiger partial charge in [-0.15, -0.1) is 0 Å². The number of phenols is 1. The van der Waals surface area contributed by atoms with E-state index >= 15 is 0 Å². The van der Waals surface area contributed by atoms with Gasteiger partial charge in [0.15, 0.2) is 0 Å². The molecule has 1 N–H and O–H groups in total. The minimum Gasteiger partial charge on any atom is -0.508 e. The van der Waals surface area contributed by atoms with Crippen molar-refractivity contribution in [2.45, 2.75) is 50.0 Å². The Hall–Kier alpha value is -2.33. The molecule has 0 aromatic heterocycles. The van der Waals surface area contributed by atoms with Crippen LogP contribution in [-0.4, -0.2) is 53.5 Å². The van der Waals surface area contributed by atoms with Crippen LogP contribution in [0.1, 0.15) is 54.4 Å². The van der Waals surface area contributed by atoms with Crippen LogP contribution in [0.2, 0.25) is 0 Å². The Kier molecular flexibility index (Phi) is 5.51. The summed E-state index contributed by atoms with van der Waals surface area (Å²) in [5.74, 6) is 1.96. The molecule has 2 aromatic rings. The summed E-state index contributed by atoms with van der Waals surface area (Å²) in [5, 5.41) is 10.2. The van der Waals surface area contributed by atoms with Crippen LogP contribution >= 0.6 is 0 Å². The largest absolute Gasteiger partial charge is 0.508 e. The number of benzene rings is 2. The van der Waals surface area contributed by atoms with E-state index in [0.29, 0.717) is 11.7 Å². The number of aromatic hydroxyl groups is 1. The van der Waals surface area contributed by atoms with Crippen LogP contribution in [0.4, 0.5) is 0 Å². The SMILES string of the molecule is CN(C(=O)c1ccccc1)[C@@H]1CC[C@@H]2CN(CC3CC3)CC[C@@]2(c2cccc(O)c2)C1. The Morgan fingerprint density at radius 3 is 2.65 bits per heavy atom. The van der Waals surface area contributed by atoms with Crippen LogP contribution in [0.5, 0.6) is 5.75 Å². The highest BCUT2D eigenvalue weighted by Crippen LogP contribution is 2.51. The lowest BCUT2D eigenvalue weighted by molar-refractivity contribution is 0.0175. The van der Waals surface area contributed by atoms with Crippen LogP contribution in [0.25, 0.3) is 0 Å². The molecule has 0 bridgehead atoms. The fourth-order valence-electron chi connectivity index (χ4n) is 6.12. The highest BCUT2D eigenvalue weighted by atomic mass is 16.3. The topological polar surface area (TPSA) is 43.8 Å². The van der Waals surface area contributed by atoms with E-state index < -0.39 is 0 Å². The molecule has 1 aliphatic heterocycles. The summed E-state index contributed by atoms with van der Waals surface area (Å²) in [6, 6.07) is 17.8. The van der Waals surface area contributed by atoms with Gasteiger partial charge in [-0.3, -0.25) is 4.79 Å². The lowest BCUT2D eigenvalue weighted by Gasteiger charge is -2.54. The zero-order valence-electron chi connectivity index (χ0n) is 18.5. The van der Waals surface area contributed by atoms with E-state index in [2.05, 4.69) is 11.0 Å². The number of nitrogens with zero attached hydrogens (tertiary/aromatic N) is 2. The first-order valence-corrected chi connectivity index (χ1v) is 11.9. The Morgan fingerprint density at radius 2 is 1.90 bits per heavy atom. The highest BCUT2D eigenvalue weighted by molar-refractivity contribution is 5.94. The van der Waals surface area contributed by atoms with Crippen LogP contribution in [0, 0.1) is 11.8 Å². The maximum atomic E-state index is 13.2. The molecule has 3 aliphatic rings. The van der Waals surface area contributed by atoms with E-state index in [0.717, 1.165) is 50.3 Å². The number of hydrogen-bond acceptors (Lipinski definition) is 3. The molecule has 0 spiro atoms. The molecule has 5 rings (SSSR count). The van der Waals surface area contributed by atoms with E-state index in [4.69, 9.17) is 0 Å². The number of hydrogen-bond donors (Lipinski definition) is 1. The first-order valence-electron chi connectivity index (χ1n) is 11.9. The molecule has 3 fully saturated rings. The van der Waals surface area contributed by atoms with Gasteiger partial charge in [-0.2, -0.15) is 0 Å². The maximum Gasteiger partial charge on any atom is 0.253 e. The Balaban J connectivity index is 1.41. The first kappa shape index (κ1) is 20.6. The van der Waals surface area contributed by atoms with E-state index in [-0.39, 0.29) is 17.4 Å². The summed E-state index contributed by atoms with van der Waals surface area (Å²) in [6.45, 7) is 3.52. The van der Waals surface area contributed by atoms with Crippen LogP contribution in [-0.2, 0) is 5.41 Å². The monoisotopic (exact) mass is 418 g/mol. The zero-order valence-corrected chi connectivity index (χ0v) is 18.5. The maximum absolute atomic E-state index is 13.2. The highest BCUT2D eigenvalue weighted by Gasteiger charge is 2.49. The second kappa shape index (κ2) is 8.31. The summed E-state index contributed by atoms with van der Waals surface area (Å²) >= 11 is 0. The Morgan fingerprint density at radius 1 is 1.10 bits per heavy atom. The predicted octanol–water partition coefficient (Wildman–Crippen LogP) is 4.69. The second-order valence-corrected chi connectivity index (χ2v) is 10.1.